The molecule has 18 heavy (non-hydrogen) atoms. The fourth-order valence-corrected chi connectivity index (χ4v) is 2.48. The van der Waals surface area contributed by atoms with Gasteiger partial charge in [0.25, 0.3) is 0 Å². The second-order valence-electron chi connectivity index (χ2n) is 5.51. The van der Waals surface area contributed by atoms with Gasteiger partial charge in [0.2, 0.25) is 0 Å². The highest BCUT2D eigenvalue weighted by molar-refractivity contribution is 6.00. The van der Waals surface area contributed by atoms with Crippen molar-refractivity contribution >= 4 is 5.78 Å². The van der Waals surface area contributed by atoms with Gasteiger partial charge in [-0.15, -0.1) is 0 Å². The van der Waals surface area contributed by atoms with Crippen LogP contribution in [0.1, 0.15) is 42.6 Å². The minimum atomic E-state index is 0.159. The number of ketones is 1. The van der Waals surface area contributed by atoms with Crippen molar-refractivity contribution in [3.63, 3.8) is 0 Å². The molecule has 0 amide bonds. The summed E-state index contributed by atoms with van der Waals surface area (Å²) in [5, 5.41) is 0. The molecule has 1 unspecified atom stereocenters. The van der Waals surface area contributed by atoms with Crippen LogP contribution >= 0.6 is 0 Å². The topological polar surface area (TPSA) is 26.3 Å². The van der Waals surface area contributed by atoms with Crippen molar-refractivity contribution in [1.82, 2.24) is 0 Å². The Bertz CT molecular complexity index is 409. The molecule has 1 atom stereocenters. The Morgan fingerprint density at radius 3 is 2.89 bits per heavy atom. The lowest BCUT2D eigenvalue weighted by molar-refractivity contribution is 0.0765. The molecule has 98 valence electrons. The van der Waals surface area contributed by atoms with E-state index in [4.69, 9.17) is 4.74 Å². The average molecular weight is 246 g/mol. The van der Waals surface area contributed by atoms with E-state index in [1.165, 1.54) is 5.56 Å². The first-order chi connectivity index (χ1) is 8.68. The number of fused-ring (bicyclic) bond motifs is 1. The quantitative estimate of drug-likeness (QED) is 0.743. The van der Waals surface area contributed by atoms with Crippen LogP contribution in [0, 0.1) is 11.8 Å². The molecule has 0 N–H and O–H groups in total. The summed E-state index contributed by atoms with van der Waals surface area (Å²) in [5.74, 6) is 1.03. The normalized spacial score (nSPS) is 19.1. The Hall–Kier alpha value is -1.15. The Balaban J connectivity index is 1.88. The van der Waals surface area contributed by atoms with Crippen LogP contribution in [0.15, 0.2) is 24.3 Å². The molecule has 0 fully saturated rings. The third-order valence-electron chi connectivity index (χ3n) is 3.48. The molecule has 0 bridgehead atoms. The fraction of sp³-hybridized carbons (Fsp3) is 0.562. The van der Waals surface area contributed by atoms with Gasteiger partial charge >= 0.3 is 0 Å². The zero-order chi connectivity index (χ0) is 13.0. The van der Waals surface area contributed by atoms with Gasteiger partial charge in [-0.2, -0.15) is 0 Å². The number of hydrogen-bond acceptors (Lipinski definition) is 2. The Labute approximate surface area is 109 Å². The molecular weight excluding hydrogens is 224 g/mol. The molecule has 1 aromatic rings. The second kappa shape index (κ2) is 6.14. The molecule has 0 heterocycles. The van der Waals surface area contributed by atoms with Gasteiger partial charge in [-0.1, -0.05) is 38.1 Å². The first-order valence-electron chi connectivity index (χ1n) is 6.88. The highest BCUT2D eigenvalue weighted by atomic mass is 16.5. The fourth-order valence-electron chi connectivity index (χ4n) is 2.48. The van der Waals surface area contributed by atoms with Gasteiger partial charge in [0, 0.05) is 24.7 Å². The van der Waals surface area contributed by atoms with Gasteiger partial charge in [-0.25, -0.2) is 0 Å². The van der Waals surface area contributed by atoms with Gasteiger partial charge in [0.15, 0.2) is 5.78 Å². The SMILES string of the molecule is CC(C)COCCC1CCc2ccccc2C1=O. The number of ether oxygens (including phenoxy) is 1. The van der Waals surface area contributed by atoms with E-state index in [0.717, 1.165) is 31.4 Å². The number of Topliss-reactive ketones (excluding diaryl/α,β-unsaturated/α-hetero) is 1. The van der Waals surface area contributed by atoms with Crippen molar-refractivity contribution in [2.75, 3.05) is 13.2 Å². The summed E-state index contributed by atoms with van der Waals surface area (Å²) in [6.07, 6.45) is 2.86. The number of aryl methyl sites for hydroxylation is 1. The van der Waals surface area contributed by atoms with Crippen LogP contribution in [0.5, 0.6) is 0 Å². The summed E-state index contributed by atoms with van der Waals surface area (Å²) in [6.45, 7) is 5.78. The first-order valence-corrected chi connectivity index (χ1v) is 6.88. The van der Waals surface area contributed by atoms with E-state index >= 15 is 0 Å². The van der Waals surface area contributed by atoms with Crippen molar-refractivity contribution in [2.45, 2.75) is 33.1 Å². The standard InChI is InChI=1S/C16H22O2/c1-12(2)11-18-10-9-14-8-7-13-5-3-4-6-15(13)16(14)17/h3-6,12,14H,7-11H2,1-2H3. The molecule has 2 nitrogen and oxygen atoms in total. The number of carbonyl (C=O) groups is 1. The van der Waals surface area contributed by atoms with Crippen LogP contribution in [0.4, 0.5) is 0 Å². The third-order valence-corrected chi connectivity index (χ3v) is 3.48. The monoisotopic (exact) mass is 246 g/mol. The van der Waals surface area contributed by atoms with Gasteiger partial charge in [0.1, 0.15) is 0 Å². The Morgan fingerprint density at radius 2 is 2.11 bits per heavy atom. The van der Waals surface area contributed by atoms with E-state index in [1.807, 2.05) is 18.2 Å². The maximum atomic E-state index is 12.3. The van der Waals surface area contributed by atoms with Crippen molar-refractivity contribution in [3.8, 4) is 0 Å². The van der Waals surface area contributed by atoms with Crippen molar-refractivity contribution in [2.24, 2.45) is 11.8 Å². The Kier molecular flexibility index (Phi) is 4.54. The van der Waals surface area contributed by atoms with Gasteiger partial charge in [-0.05, 0) is 30.7 Å². The summed E-state index contributed by atoms with van der Waals surface area (Å²) in [6, 6.07) is 7.99. The number of carbonyl (C=O) groups excluding carboxylic acids is 1. The summed E-state index contributed by atoms with van der Waals surface area (Å²) in [4.78, 5) is 12.3. The lowest BCUT2D eigenvalue weighted by atomic mass is 9.81. The van der Waals surface area contributed by atoms with Crippen LogP contribution < -0.4 is 0 Å². The smallest absolute Gasteiger partial charge is 0.166 e. The third kappa shape index (κ3) is 3.20. The van der Waals surface area contributed by atoms with E-state index in [9.17, 15) is 4.79 Å². The van der Waals surface area contributed by atoms with E-state index in [-0.39, 0.29) is 5.92 Å². The van der Waals surface area contributed by atoms with Crippen molar-refractivity contribution in [3.05, 3.63) is 35.4 Å². The van der Waals surface area contributed by atoms with Crippen molar-refractivity contribution < 1.29 is 9.53 Å². The molecule has 1 aliphatic carbocycles. The molecule has 0 radical (unpaired) electrons. The van der Waals surface area contributed by atoms with Crippen LogP contribution in [0.25, 0.3) is 0 Å². The molecular formula is C16H22O2. The minimum absolute atomic E-state index is 0.159. The molecule has 2 heteroatoms. The summed E-state index contributed by atoms with van der Waals surface area (Å²) in [7, 11) is 0. The molecule has 1 aliphatic rings. The Morgan fingerprint density at radius 1 is 1.33 bits per heavy atom. The number of hydrogen-bond donors (Lipinski definition) is 0. The molecule has 2 rings (SSSR count). The van der Waals surface area contributed by atoms with Gasteiger partial charge < -0.3 is 4.74 Å². The lowest BCUT2D eigenvalue weighted by Gasteiger charge is -2.23. The highest BCUT2D eigenvalue weighted by Gasteiger charge is 2.26. The van der Waals surface area contributed by atoms with Gasteiger partial charge in [0.05, 0.1) is 0 Å². The first kappa shape index (κ1) is 13.3. The summed E-state index contributed by atoms with van der Waals surface area (Å²) < 4.78 is 5.58. The van der Waals surface area contributed by atoms with Crippen LogP contribution in [0.3, 0.4) is 0 Å². The molecule has 0 aliphatic heterocycles. The van der Waals surface area contributed by atoms with E-state index in [0.29, 0.717) is 18.3 Å². The zero-order valence-electron chi connectivity index (χ0n) is 11.3. The predicted molar refractivity (Wildman–Crippen MR) is 72.9 cm³/mol. The maximum absolute atomic E-state index is 12.3. The zero-order valence-corrected chi connectivity index (χ0v) is 11.3. The van der Waals surface area contributed by atoms with E-state index in [2.05, 4.69) is 19.9 Å². The predicted octanol–water partition coefficient (Wildman–Crippen LogP) is 3.49. The summed E-state index contributed by atoms with van der Waals surface area (Å²) >= 11 is 0. The molecule has 0 aromatic heterocycles. The minimum Gasteiger partial charge on any atom is -0.381 e. The maximum Gasteiger partial charge on any atom is 0.166 e. The van der Waals surface area contributed by atoms with Crippen molar-refractivity contribution in [1.29, 1.82) is 0 Å². The second-order valence-corrected chi connectivity index (χ2v) is 5.51. The average Bonchev–Trinajstić information content (AvgIpc) is 2.37. The molecule has 0 saturated heterocycles. The van der Waals surface area contributed by atoms with Crippen LogP contribution in [-0.4, -0.2) is 19.0 Å². The largest absolute Gasteiger partial charge is 0.381 e. The number of rotatable bonds is 5. The number of benzene rings is 1. The lowest BCUT2D eigenvalue weighted by Crippen LogP contribution is -2.24. The highest BCUT2D eigenvalue weighted by Crippen LogP contribution is 2.27. The summed E-state index contributed by atoms with van der Waals surface area (Å²) in [5.41, 5.74) is 2.14. The van der Waals surface area contributed by atoms with Gasteiger partial charge in [-0.3, -0.25) is 4.79 Å². The molecule has 1 aromatic carbocycles. The molecule has 0 saturated carbocycles. The van der Waals surface area contributed by atoms with E-state index < -0.39 is 0 Å². The van der Waals surface area contributed by atoms with Crippen LogP contribution in [-0.2, 0) is 11.2 Å². The van der Waals surface area contributed by atoms with Crippen LogP contribution in [0.2, 0.25) is 0 Å². The van der Waals surface area contributed by atoms with E-state index in [1.54, 1.807) is 0 Å². The molecule has 0 spiro atoms.